The van der Waals surface area contributed by atoms with E-state index in [4.69, 9.17) is 4.74 Å². The third-order valence-electron chi connectivity index (χ3n) is 3.73. The van der Waals surface area contributed by atoms with Gasteiger partial charge in [0.05, 0.1) is 6.61 Å². The van der Waals surface area contributed by atoms with Gasteiger partial charge >= 0.3 is 0 Å². The summed E-state index contributed by atoms with van der Waals surface area (Å²) in [5, 5.41) is 2.06. The molecule has 1 heterocycles. The Balaban J connectivity index is 1.49. The van der Waals surface area contributed by atoms with Crippen molar-refractivity contribution in [2.75, 3.05) is 13.2 Å². The highest BCUT2D eigenvalue weighted by molar-refractivity contribution is 7.09. The van der Waals surface area contributed by atoms with E-state index in [1.54, 1.807) is 11.3 Å². The highest BCUT2D eigenvalue weighted by Crippen LogP contribution is 2.23. The number of aryl methyl sites for hydroxylation is 2. The number of ketones is 1. The van der Waals surface area contributed by atoms with Crippen LogP contribution in [-0.2, 0) is 24.0 Å². The summed E-state index contributed by atoms with van der Waals surface area (Å²) in [4.78, 5) is 13.4. The van der Waals surface area contributed by atoms with E-state index in [9.17, 15) is 4.79 Å². The van der Waals surface area contributed by atoms with Crippen LogP contribution in [0.1, 0.15) is 32.8 Å². The molecule has 2 aromatic rings. The van der Waals surface area contributed by atoms with Gasteiger partial charge in [0.15, 0.2) is 5.78 Å². The second kappa shape index (κ2) is 6.33. The lowest BCUT2D eigenvalue weighted by Gasteiger charge is -2.05. The van der Waals surface area contributed by atoms with Crippen LogP contribution in [0.5, 0.6) is 0 Å². The lowest BCUT2D eigenvalue weighted by atomic mass is 10.0. The molecule has 0 bridgehead atoms. The molecule has 0 spiro atoms. The van der Waals surface area contributed by atoms with Crippen LogP contribution in [0.3, 0.4) is 0 Å². The maximum absolute atomic E-state index is 12.1. The molecule has 0 saturated carbocycles. The summed E-state index contributed by atoms with van der Waals surface area (Å²) in [5.74, 6) is 0.0888. The van der Waals surface area contributed by atoms with Crippen LogP contribution in [0.4, 0.5) is 0 Å². The van der Waals surface area contributed by atoms with Gasteiger partial charge in [-0.05, 0) is 47.9 Å². The van der Waals surface area contributed by atoms with Crippen molar-refractivity contribution in [3.8, 4) is 0 Å². The molecule has 0 atom stereocenters. The van der Waals surface area contributed by atoms with E-state index in [0.717, 1.165) is 24.8 Å². The van der Waals surface area contributed by atoms with Gasteiger partial charge in [-0.15, -0.1) is 11.3 Å². The Kier molecular flexibility index (Phi) is 4.28. The van der Waals surface area contributed by atoms with Crippen molar-refractivity contribution in [2.45, 2.75) is 25.7 Å². The van der Waals surface area contributed by atoms with Gasteiger partial charge in [-0.1, -0.05) is 18.2 Å². The van der Waals surface area contributed by atoms with Gasteiger partial charge in [-0.2, -0.15) is 0 Å². The van der Waals surface area contributed by atoms with Crippen molar-refractivity contribution in [1.29, 1.82) is 0 Å². The molecule has 1 aliphatic rings. The SMILES string of the molecule is O=C(COCCc1cccs1)c1ccc2c(c1)CCC2. The molecule has 104 valence electrons. The van der Waals surface area contributed by atoms with Crippen LogP contribution in [0.15, 0.2) is 35.7 Å². The zero-order valence-corrected chi connectivity index (χ0v) is 12.2. The average molecular weight is 286 g/mol. The number of benzene rings is 1. The zero-order chi connectivity index (χ0) is 13.8. The molecule has 1 aliphatic carbocycles. The van der Waals surface area contributed by atoms with Crippen LogP contribution < -0.4 is 0 Å². The summed E-state index contributed by atoms with van der Waals surface area (Å²) in [6.07, 6.45) is 4.36. The number of thiophene rings is 1. The quantitative estimate of drug-likeness (QED) is 0.598. The normalized spacial score (nSPS) is 13.4. The van der Waals surface area contributed by atoms with Crippen LogP contribution >= 0.6 is 11.3 Å². The number of hydrogen-bond acceptors (Lipinski definition) is 3. The average Bonchev–Trinajstić information content (AvgIpc) is 3.13. The first-order chi connectivity index (χ1) is 9.83. The van der Waals surface area contributed by atoms with E-state index < -0.39 is 0 Å². The molecule has 0 unspecified atom stereocenters. The van der Waals surface area contributed by atoms with E-state index in [0.29, 0.717) is 6.61 Å². The predicted octanol–water partition coefficient (Wildman–Crippen LogP) is 3.68. The summed E-state index contributed by atoms with van der Waals surface area (Å²) in [6.45, 7) is 0.793. The Bertz CT molecular complexity index is 587. The number of carbonyl (C=O) groups is 1. The van der Waals surface area contributed by atoms with E-state index in [-0.39, 0.29) is 12.4 Å². The predicted molar refractivity (Wildman–Crippen MR) is 81.6 cm³/mol. The Morgan fingerprint density at radius 3 is 2.95 bits per heavy atom. The lowest BCUT2D eigenvalue weighted by Crippen LogP contribution is -2.11. The molecule has 3 heteroatoms. The van der Waals surface area contributed by atoms with Gasteiger partial charge in [0.2, 0.25) is 0 Å². The second-order valence-electron chi connectivity index (χ2n) is 5.14. The maximum Gasteiger partial charge on any atom is 0.188 e. The first-order valence-electron chi connectivity index (χ1n) is 7.08. The van der Waals surface area contributed by atoms with Crippen molar-refractivity contribution in [3.63, 3.8) is 0 Å². The molecule has 0 radical (unpaired) electrons. The summed E-state index contributed by atoms with van der Waals surface area (Å²) in [6, 6.07) is 10.2. The topological polar surface area (TPSA) is 26.3 Å². The summed E-state index contributed by atoms with van der Waals surface area (Å²) >= 11 is 1.73. The Labute approximate surface area is 123 Å². The number of rotatable bonds is 6. The van der Waals surface area contributed by atoms with Gasteiger partial charge in [-0.25, -0.2) is 0 Å². The van der Waals surface area contributed by atoms with Gasteiger partial charge in [0, 0.05) is 16.9 Å². The number of Topliss-reactive ketones (excluding diaryl/α,β-unsaturated/α-hetero) is 1. The molecular weight excluding hydrogens is 268 g/mol. The molecule has 1 aromatic carbocycles. The minimum Gasteiger partial charge on any atom is -0.373 e. The molecule has 0 saturated heterocycles. The van der Waals surface area contributed by atoms with Crippen molar-refractivity contribution in [2.24, 2.45) is 0 Å². The fourth-order valence-electron chi connectivity index (χ4n) is 2.62. The van der Waals surface area contributed by atoms with E-state index in [1.807, 2.05) is 18.2 Å². The second-order valence-corrected chi connectivity index (χ2v) is 6.17. The zero-order valence-electron chi connectivity index (χ0n) is 11.4. The molecule has 0 aliphatic heterocycles. The van der Waals surface area contributed by atoms with Crippen molar-refractivity contribution >= 4 is 17.1 Å². The summed E-state index contributed by atoms with van der Waals surface area (Å²) in [5.41, 5.74) is 3.54. The highest BCUT2D eigenvalue weighted by Gasteiger charge is 2.13. The molecule has 0 amide bonds. The Morgan fingerprint density at radius 1 is 1.20 bits per heavy atom. The maximum atomic E-state index is 12.1. The first-order valence-corrected chi connectivity index (χ1v) is 7.96. The molecule has 3 rings (SSSR count). The van der Waals surface area contributed by atoms with Gasteiger partial charge < -0.3 is 4.74 Å². The number of carbonyl (C=O) groups excluding carboxylic acids is 1. The van der Waals surface area contributed by atoms with E-state index in [2.05, 4.69) is 17.5 Å². The largest absolute Gasteiger partial charge is 0.373 e. The third kappa shape index (κ3) is 3.17. The van der Waals surface area contributed by atoms with Gasteiger partial charge in [0.25, 0.3) is 0 Å². The van der Waals surface area contributed by atoms with Crippen molar-refractivity contribution in [3.05, 3.63) is 57.3 Å². The van der Waals surface area contributed by atoms with Gasteiger partial charge in [-0.3, -0.25) is 4.79 Å². The Morgan fingerprint density at radius 2 is 2.10 bits per heavy atom. The van der Waals surface area contributed by atoms with Crippen molar-refractivity contribution < 1.29 is 9.53 Å². The molecule has 0 fully saturated rings. The highest BCUT2D eigenvalue weighted by atomic mass is 32.1. The third-order valence-corrected chi connectivity index (χ3v) is 4.66. The molecule has 2 nitrogen and oxygen atoms in total. The fourth-order valence-corrected chi connectivity index (χ4v) is 3.31. The number of fused-ring (bicyclic) bond motifs is 1. The lowest BCUT2D eigenvalue weighted by molar-refractivity contribution is 0.0766. The molecule has 1 aromatic heterocycles. The monoisotopic (exact) mass is 286 g/mol. The van der Waals surface area contributed by atoms with E-state index in [1.165, 1.54) is 22.4 Å². The summed E-state index contributed by atoms with van der Waals surface area (Å²) < 4.78 is 5.50. The number of hydrogen-bond donors (Lipinski definition) is 0. The van der Waals surface area contributed by atoms with E-state index >= 15 is 0 Å². The summed E-state index contributed by atoms with van der Waals surface area (Å²) in [7, 11) is 0. The van der Waals surface area contributed by atoms with Crippen LogP contribution in [0.2, 0.25) is 0 Å². The molecule has 20 heavy (non-hydrogen) atoms. The minimum absolute atomic E-state index is 0.0888. The van der Waals surface area contributed by atoms with Crippen LogP contribution in [0, 0.1) is 0 Å². The molecule has 0 N–H and O–H groups in total. The van der Waals surface area contributed by atoms with Gasteiger partial charge in [0.1, 0.15) is 6.61 Å². The first kappa shape index (κ1) is 13.5. The van der Waals surface area contributed by atoms with Crippen LogP contribution in [-0.4, -0.2) is 19.0 Å². The number of ether oxygens (including phenoxy) is 1. The fraction of sp³-hybridized carbons (Fsp3) is 0.353. The molecular formula is C17H18O2S. The minimum atomic E-state index is 0.0888. The van der Waals surface area contributed by atoms with Crippen LogP contribution in [0.25, 0.3) is 0 Å². The van der Waals surface area contributed by atoms with Crippen molar-refractivity contribution in [1.82, 2.24) is 0 Å². The smallest absolute Gasteiger partial charge is 0.188 e. The standard InChI is InChI=1S/C17H18O2S/c18-17(12-19-9-8-16-5-2-10-20-16)15-7-6-13-3-1-4-14(13)11-15/h2,5-7,10-11H,1,3-4,8-9,12H2. The Hall–Kier alpha value is -1.45.